The van der Waals surface area contributed by atoms with E-state index in [1.54, 1.807) is 22.9 Å². The van der Waals surface area contributed by atoms with Gasteiger partial charge in [0.2, 0.25) is 5.95 Å². The maximum atomic E-state index is 13.7. The van der Waals surface area contributed by atoms with E-state index in [0.29, 0.717) is 31.1 Å². The first-order valence-electron chi connectivity index (χ1n) is 12.0. The van der Waals surface area contributed by atoms with E-state index in [-0.39, 0.29) is 36.5 Å². The highest BCUT2D eigenvalue weighted by atomic mass is 19.3. The molecule has 6 nitrogen and oxygen atoms in total. The van der Waals surface area contributed by atoms with E-state index in [1.807, 2.05) is 43.0 Å². The molecule has 2 atom stereocenters. The first-order chi connectivity index (χ1) is 16.1. The molecule has 0 spiro atoms. The second-order valence-corrected chi connectivity index (χ2v) is 9.78. The first kappa shape index (κ1) is 24.3. The minimum absolute atomic E-state index is 0.00349. The normalized spacial score (nSPS) is 18.2. The Morgan fingerprint density at radius 3 is 2.50 bits per heavy atom. The maximum absolute atomic E-state index is 13.7. The minimum Gasteiger partial charge on any atom is -0.348 e. The quantitative estimate of drug-likeness (QED) is 0.501. The Balaban J connectivity index is 1.49. The molecule has 1 aliphatic rings. The highest BCUT2D eigenvalue weighted by Gasteiger charge is 2.34. The summed E-state index contributed by atoms with van der Waals surface area (Å²) in [5.74, 6) is -1.85. The number of hydrogen-bond donors (Lipinski definition) is 1. The second kappa shape index (κ2) is 9.78. The number of aromatic nitrogens is 3. The monoisotopic (exact) mass is 469 g/mol. The van der Waals surface area contributed by atoms with Crippen molar-refractivity contribution >= 4 is 17.0 Å². The van der Waals surface area contributed by atoms with Crippen LogP contribution in [0.25, 0.3) is 11.0 Å². The fourth-order valence-electron chi connectivity index (χ4n) is 4.43. The number of pyridine rings is 1. The van der Waals surface area contributed by atoms with E-state index in [4.69, 9.17) is 0 Å². The zero-order chi connectivity index (χ0) is 24.5. The lowest BCUT2D eigenvalue weighted by molar-refractivity contribution is -0.0661. The van der Waals surface area contributed by atoms with Crippen LogP contribution >= 0.6 is 0 Å². The summed E-state index contributed by atoms with van der Waals surface area (Å²) in [6.45, 7) is 9.26. The van der Waals surface area contributed by atoms with Crippen LogP contribution in [-0.4, -0.2) is 38.4 Å². The highest BCUT2D eigenvalue weighted by molar-refractivity contribution is 5.75. The number of fused-ring (bicyclic) bond motifs is 1. The van der Waals surface area contributed by atoms with Gasteiger partial charge >= 0.3 is 0 Å². The van der Waals surface area contributed by atoms with Gasteiger partial charge in [0.25, 0.3) is 11.5 Å². The molecule has 1 aromatic carbocycles. The molecule has 0 radical (unpaired) electrons. The van der Waals surface area contributed by atoms with E-state index in [0.717, 1.165) is 16.5 Å². The fraction of sp³-hybridized carbons (Fsp3) is 0.500. The summed E-state index contributed by atoms with van der Waals surface area (Å²) in [4.78, 5) is 23.5. The van der Waals surface area contributed by atoms with Crippen molar-refractivity contribution in [3.05, 3.63) is 64.1 Å². The van der Waals surface area contributed by atoms with Crippen LogP contribution in [0.1, 0.15) is 63.7 Å². The summed E-state index contributed by atoms with van der Waals surface area (Å²) in [5, 5.41) is 4.15. The van der Waals surface area contributed by atoms with Crippen LogP contribution in [-0.2, 0) is 6.54 Å². The van der Waals surface area contributed by atoms with Gasteiger partial charge in [-0.1, -0.05) is 38.1 Å². The lowest BCUT2D eigenvalue weighted by Crippen LogP contribution is -2.41. The molecular formula is C26H33F2N5O. The number of hydrogen-bond acceptors (Lipinski definition) is 5. The molecule has 2 unspecified atom stereocenters. The number of piperidine rings is 1. The summed E-state index contributed by atoms with van der Waals surface area (Å²) in [6.07, 6.45) is 2.24. The van der Waals surface area contributed by atoms with E-state index < -0.39 is 5.92 Å². The van der Waals surface area contributed by atoms with Crippen molar-refractivity contribution in [1.82, 2.24) is 19.4 Å². The topological polar surface area (TPSA) is 63.1 Å². The summed E-state index contributed by atoms with van der Waals surface area (Å²) in [7, 11) is 0. The molecule has 182 valence electrons. The van der Waals surface area contributed by atoms with E-state index in [9.17, 15) is 13.6 Å². The smallest absolute Gasteiger partial charge is 0.260 e. The van der Waals surface area contributed by atoms with Crippen molar-refractivity contribution in [3.8, 4) is 0 Å². The molecule has 4 rings (SSSR count). The van der Waals surface area contributed by atoms with Crippen LogP contribution in [0.15, 0.2) is 47.4 Å². The molecule has 0 amide bonds. The number of halogens is 2. The predicted molar refractivity (Wildman–Crippen MR) is 131 cm³/mol. The van der Waals surface area contributed by atoms with Gasteiger partial charge in [0.1, 0.15) is 5.65 Å². The van der Waals surface area contributed by atoms with Crippen molar-refractivity contribution in [2.75, 3.05) is 18.4 Å². The number of anilines is 1. The molecule has 2 aromatic heterocycles. The Morgan fingerprint density at radius 1 is 1.09 bits per heavy atom. The van der Waals surface area contributed by atoms with E-state index in [1.165, 1.54) is 0 Å². The molecule has 3 heterocycles. The van der Waals surface area contributed by atoms with Crippen molar-refractivity contribution in [1.29, 1.82) is 0 Å². The van der Waals surface area contributed by atoms with Crippen molar-refractivity contribution in [2.45, 2.75) is 65.1 Å². The maximum Gasteiger partial charge on any atom is 0.260 e. The largest absolute Gasteiger partial charge is 0.348 e. The number of benzene rings is 1. The molecule has 34 heavy (non-hydrogen) atoms. The summed E-state index contributed by atoms with van der Waals surface area (Å²) in [6, 6.07) is 11.2. The van der Waals surface area contributed by atoms with Gasteiger partial charge in [0.15, 0.2) is 0 Å². The standard InChI is InChI=1S/C26H33F2N5O/c1-17(2)19(4)33-23(34)11-10-22-14-29-25(31-24(22)33)30-18(3)21-8-6-20(7-9-21)15-32-13-5-12-26(27,28)16-32/h6-11,14,17-19H,5,12-13,15-16H2,1-4H3,(H,29,30,31). The van der Waals surface area contributed by atoms with Crippen molar-refractivity contribution in [3.63, 3.8) is 0 Å². The predicted octanol–water partition coefficient (Wildman–Crippen LogP) is 5.41. The van der Waals surface area contributed by atoms with Crippen molar-refractivity contribution in [2.24, 2.45) is 5.92 Å². The van der Waals surface area contributed by atoms with Crippen LogP contribution < -0.4 is 10.9 Å². The SMILES string of the molecule is CC(Nc1ncc2ccc(=O)n(C(C)C(C)C)c2n1)c1ccc(CN2CCCC(F)(F)C2)cc1. The molecule has 0 saturated carbocycles. The number of nitrogens with zero attached hydrogens (tertiary/aromatic N) is 4. The van der Waals surface area contributed by atoms with Crippen molar-refractivity contribution < 1.29 is 8.78 Å². The zero-order valence-electron chi connectivity index (χ0n) is 20.3. The first-order valence-corrected chi connectivity index (χ1v) is 12.0. The molecular weight excluding hydrogens is 436 g/mol. The fourth-order valence-corrected chi connectivity index (χ4v) is 4.43. The van der Waals surface area contributed by atoms with Crippen LogP contribution in [0.4, 0.5) is 14.7 Å². The molecule has 3 aromatic rings. The van der Waals surface area contributed by atoms with Crippen LogP contribution in [0.3, 0.4) is 0 Å². The molecule has 0 aliphatic carbocycles. The Labute approximate surface area is 199 Å². The summed E-state index contributed by atoms with van der Waals surface area (Å²) < 4.78 is 29.1. The number of alkyl halides is 2. The number of nitrogens with one attached hydrogen (secondary N) is 1. The third-order valence-corrected chi connectivity index (χ3v) is 6.74. The van der Waals surface area contributed by atoms with Crippen LogP contribution in [0, 0.1) is 5.92 Å². The number of rotatable bonds is 7. The van der Waals surface area contributed by atoms with Crippen LogP contribution in [0.2, 0.25) is 0 Å². The lowest BCUT2D eigenvalue weighted by atomic mass is 10.0. The second-order valence-electron chi connectivity index (χ2n) is 9.78. The minimum atomic E-state index is -2.59. The van der Waals surface area contributed by atoms with Gasteiger partial charge in [-0.15, -0.1) is 0 Å². The summed E-state index contributed by atoms with van der Waals surface area (Å²) >= 11 is 0. The third kappa shape index (κ3) is 5.43. The lowest BCUT2D eigenvalue weighted by Gasteiger charge is -2.32. The molecule has 1 saturated heterocycles. The van der Waals surface area contributed by atoms with Gasteiger partial charge in [-0.2, -0.15) is 4.98 Å². The van der Waals surface area contributed by atoms with Gasteiger partial charge in [-0.25, -0.2) is 13.8 Å². The molecule has 1 aliphatic heterocycles. The zero-order valence-corrected chi connectivity index (χ0v) is 20.3. The Morgan fingerprint density at radius 2 is 1.82 bits per heavy atom. The molecule has 1 N–H and O–H groups in total. The van der Waals surface area contributed by atoms with Gasteiger partial charge in [-0.05, 0) is 49.9 Å². The molecule has 1 fully saturated rings. The van der Waals surface area contributed by atoms with Gasteiger partial charge in [-0.3, -0.25) is 14.3 Å². The Bertz CT molecular complexity index is 1190. The van der Waals surface area contributed by atoms with Crippen LogP contribution in [0.5, 0.6) is 0 Å². The van der Waals surface area contributed by atoms with E-state index in [2.05, 4.69) is 29.1 Å². The Hall–Kier alpha value is -2.87. The van der Waals surface area contributed by atoms with Gasteiger partial charge in [0, 0.05) is 36.7 Å². The Kier molecular flexibility index (Phi) is 6.98. The highest BCUT2D eigenvalue weighted by Crippen LogP contribution is 2.28. The number of likely N-dealkylation sites (tertiary alicyclic amines) is 1. The van der Waals surface area contributed by atoms with Gasteiger partial charge < -0.3 is 5.32 Å². The molecule has 0 bridgehead atoms. The van der Waals surface area contributed by atoms with Gasteiger partial charge in [0.05, 0.1) is 12.6 Å². The van der Waals surface area contributed by atoms with E-state index >= 15 is 0 Å². The molecule has 8 heteroatoms. The average Bonchev–Trinajstić information content (AvgIpc) is 2.78. The summed E-state index contributed by atoms with van der Waals surface area (Å²) in [5.41, 5.74) is 2.60. The average molecular weight is 470 g/mol. The third-order valence-electron chi connectivity index (χ3n) is 6.74.